The van der Waals surface area contributed by atoms with Crippen molar-refractivity contribution in [3.63, 3.8) is 0 Å². The van der Waals surface area contributed by atoms with E-state index in [1.165, 1.54) is 46.3 Å². The van der Waals surface area contributed by atoms with E-state index in [9.17, 15) is 0 Å². The van der Waals surface area contributed by atoms with Crippen molar-refractivity contribution in [3.05, 3.63) is 82.5 Å². The van der Waals surface area contributed by atoms with Gasteiger partial charge in [0.15, 0.2) is 0 Å². The first-order valence-electron chi connectivity index (χ1n) is 14.2. The molecule has 2 saturated heterocycles. The summed E-state index contributed by atoms with van der Waals surface area (Å²) in [5.74, 6) is 2.14. The zero-order valence-electron chi connectivity index (χ0n) is 22.3. The van der Waals surface area contributed by atoms with E-state index in [2.05, 4.69) is 83.0 Å². The van der Waals surface area contributed by atoms with E-state index in [1.54, 1.807) is 0 Å². The molecule has 2 atom stereocenters. The molecule has 7 rings (SSSR count). The van der Waals surface area contributed by atoms with Gasteiger partial charge in [-0.15, -0.1) is 0 Å². The highest BCUT2D eigenvalue weighted by Gasteiger charge is 2.21. The quantitative estimate of drug-likeness (QED) is 0.246. The van der Waals surface area contributed by atoms with E-state index in [1.807, 2.05) is 0 Å². The van der Waals surface area contributed by atoms with Gasteiger partial charge >= 0.3 is 0 Å². The summed E-state index contributed by atoms with van der Waals surface area (Å²) in [6, 6.07) is 11.9. The van der Waals surface area contributed by atoms with Crippen LogP contribution in [0.1, 0.15) is 85.9 Å². The highest BCUT2D eigenvalue weighted by atomic mass is 15.0. The second kappa shape index (κ2) is 9.68. The largest absolute Gasteiger partial charge is 0.341 e. The smallest absolute Gasteiger partial charge is 0.124 e. The zero-order valence-corrected chi connectivity index (χ0v) is 22.3. The number of allylic oxidation sites excluding steroid dienone is 6. The van der Waals surface area contributed by atoms with Gasteiger partial charge in [-0.3, -0.25) is 0 Å². The Morgan fingerprint density at radius 3 is 2.26 bits per heavy atom. The Kier molecular flexibility index (Phi) is 6.02. The zero-order chi connectivity index (χ0) is 25.6. The molecular weight excluding hydrogens is 468 g/mol. The normalized spacial score (nSPS) is 22.4. The van der Waals surface area contributed by atoms with Crippen molar-refractivity contribution >= 4 is 33.2 Å². The number of imidazole rings is 2. The average Bonchev–Trinajstić information content (AvgIpc) is 3.71. The summed E-state index contributed by atoms with van der Waals surface area (Å²) >= 11 is 0. The predicted octanol–water partition coefficient (Wildman–Crippen LogP) is 6.80. The second-order valence-electron chi connectivity index (χ2n) is 11.3. The van der Waals surface area contributed by atoms with Gasteiger partial charge in [0.25, 0.3) is 0 Å². The molecule has 2 fully saturated rings. The first kappa shape index (κ1) is 23.6. The fraction of sp³-hybridized carbons (Fsp3) is 0.375. The Labute approximate surface area is 223 Å². The van der Waals surface area contributed by atoms with E-state index in [-0.39, 0.29) is 0 Å². The third-order valence-electron chi connectivity index (χ3n) is 8.44. The molecule has 2 aromatic carbocycles. The van der Waals surface area contributed by atoms with Gasteiger partial charge in [-0.25, -0.2) is 9.97 Å². The van der Waals surface area contributed by atoms with Crippen molar-refractivity contribution in [3.8, 4) is 0 Å². The monoisotopic (exact) mass is 504 g/mol. The van der Waals surface area contributed by atoms with Crippen molar-refractivity contribution in [2.45, 2.75) is 64.5 Å². The van der Waals surface area contributed by atoms with Crippen molar-refractivity contribution in [2.75, 3.05) is 13.1 Å². The maximum absolute atomic E-state index is 4.96. The van der Waals surface area contributed by atoms with Crippen LogP contribution < -0.4 is 10.6 Å². The number of benzene rings is 2. The molecule has 6 heteroatoms. The van der Waals surface area contributed by atoms with Gasteiger partial charge in [0, 0.05) is 0 Å². The van der Waals surface area contributed by atoms with E-state index < -0.39 is 0 Å². The molecular formula is C32H36N6. The Balaban J connectivity index is 1.23. The molecule has 38 heavy (non-hydrogen) atoms. The lowest BCUT2D eigenvalue weighted by Gasteiger charge is -2.13. The lowest BCUT2D eigenvalue weighted by atomic mass is 9.92. The van der Waals surface area contributed by atoms with Gasteiger partial charge in [-0.05, 0) is 118 Å². The summed E-state index contributed by atoms with van der Waals surface area (Å²) in [6.07, 6.45) is 13.8. The first-order valence-corrected chi connectivity index (χ1v) is 14.2. The standard InChI is InChI=1S/C32H36N6/c1-19-7-8-21(23-11-12-25-28(17-23)36-31(35-25)26-5-3-13-33-26)9-10-22(15-19)24-16-20(2)30-29(18-24)37-32(38-30)27-6-4-14-34-27/h9-12,15-18,26-27,33-34H,3-8,13-14H2,1-2H3,(H,35,36)(H,37,38). The molecule has 4 aromatic rings. The van der Waals surface area contributed by atoms with Gasteiger partial charge in [0.2, 0.25) is 0 Å². The van der Waals surface area contributed by atoms with E-state index >= 15 is 0 Å². The molecule has 2 unspecified atom stereocenters. The molecule has 0 spiro atoms. The second-order valence-corrected chi connectivity index (χ2v) is 11.3. The summed E-state index contributed by atoms with van der Waals surface area (Å²) in [4.78, 5) is 17.0. The number of nitrogens with zero attached hydrogens (tertiary/aromatic N) is 2. The van der Waals surface area contributed by atoms with Gasteiger partial charge in [0.1, 0.15) is 11.6 Å². The van der Waals surface area contributed by atoms with Crippen molar-refractivity contribution < 1.29 is 0 Å². The number of hydrogen-bond acceptors (Lipinski definition) is 4. The fourth-order valence-electron chi connectivity index (χ4n) is 6.28. The van der Waals surface area contributed by atoms with Crippen molar-refractivity contribution in [2.24, 2.45) is 0 Å². The fourth-order valence-corrected chi connectivity index (χ4v) is 6.28. The highest BCUT2D eigenvalue weighted by Crippen LogP contribution is 2.33. The summed E-state index contributed by atoms with van der Waals surface area (Å²) in [7, 11) is 0. The molecule has 194 valence electrons. The molecule has 6 nitrogen and oxygen atoms in total. The SMILES string of the molecule is CC1=CC(c2cc(C)c3nc(C4CCCN4)[nH]c3c2)=CC=C(c2ccc3nc(C4CCCN4)[nH]c3c2)CC1. The number of H-pyrrole nitrogens is 2. The Hall–Kier alpha value is -3.48. The summed E-state index contributed by atoms with van der Waals surface area (Å²) in [6.45, 7) is 6.58. The number of hydrogen-bond donors (Lipinski definition) is 4. The minimum atomic E-state index is 0.344. The Morgan fingerprint density at radius 2 is 1.50 bits per heavy atom. The van der Waals surface area contributed by atoms with Crippen LogP contribution in [0.15, 0.2) is 54.1 Å². The van der Waals surface area contributed by atoms with Crippen LogP contribution in [-0.4, -0.2) is 33.0 Å². The minimum absolute atomic E-state index is 0.344. The Bertz CT molecular complexity index is 1600. The van der Waals surface area contributed by atoms with Gasteiger partial charge < -0.3 is 20.6 Å². The Morgan fingerprint density at radius 1 is 0.763 bits per heavy atom. The van der Waals surface area contributed by atoms with Crippen molar-refractivity contribution in [1.29, 1.82) is 0 Å². The highest BCUT2D eigenvalue weighted by molar-refractivity contribution is 5.88. The summed E-state index contributed by atoms with van der Waals surface area (Å²) in [5, 5.41) is 7.12. The molecule has 2 aliphatic heterocycles. The molecule has 4 heterocycles. The van der Waals surface area contributed by atoms with E-state index in [4.69, 9.17) is 9.97 Å². The third kappa shape index (κ3) is 4.42. The maximum atomic E-state index is 4.96. The molecule has 4 N–H and O–H groups in total. The van der Waals surface area contributed by atoms with Crippen LogP contribution in [0.2, 0.25) is 0 Å². The van der Waals surface area contributed by atoms with Gasteiger partial charge in [0.05, 0.1) is 34.2 Å². The van der Waals surface area contributed by atoms with Crippen LogP contribution in [0, 0.1) is 6.92 Å². The minimum Gasteiger partial charge on any atom is -0.341 e. The van der Waals surface area contributed by atoms with Crippen LogP contribution >= 0.6 is 0 Å². The van der Waals surface area contributed by atoms with Gasteiger partial charge in [-0.2, -0.15) is 0 Å². The molecule has 0 radical (unpaired) electrons. The van der Waals surface area contributed by atoms with Gasteiger partial charge in [-0.1, -0.05) is 29.9 Å². The lowest BCUT2D eigenvalue weighted by molar-refractivity contribution is 0.614. The first-order chi connectivity index (χ1) is 18.6. The number of nitrogens with one attached hydrogen (secondary N) is 4. The number of aromatic amines is 2. The number of aromatic nitrogens is 4. The van der Waals surface area contributed by atoms with Crippen LogP contribution in [0.3, 0.4) is 0 Å². The number of rotatable bonds is 4. The van der Waals surface area contributed by atoms with E-state index in [0.717, 1.165) is 72.5 Å². The molecule has 3 aliphatic rings. The van der Waals surface area contributed by atoms with Crippen LogP contribution in [0.25, 0.3) is 33.2 Å². The molecule has 0 bridgehead atoms. The molecule has 1 aliphatic carbocycles. The van der Waals surface area contributed by atoms with Crippen LogP contribution in [-0.2, 0) is 0 Å². The maximum Gasteiger partial charge on any atom is 0.124 e. The molecule has 0 saturated carbocycles. The molecule has 0 amide bonds. The third-order valence-corrected chi connectivity index (χ3v) is 8.44. The van der Waals surface area contributed by atoms with E-state index in [0.29, 0.717) is 12.1 Å². The average molecular weight is 505 g/mol. The topological polar surface area (TPSA) is 81.4 Å². The van der Waals surface area contributed by atoms with Crippen LogP contribution in [0.5, 0.6) is 0 Å². The molecule has 2 aromatic heterocycles. The number of aryl methyl sites for hydroxylation is 1. The van der Waals surface area contributed by atoms with Crippen molar-refractivity contribution in [1.82, 2.24) is 30.6 Å². The summed E-state index contributed by atoms with van der Waals surface area (Å²) < 4.78 is 0. The summed E-state index contributed by atoms with van der Waals surface area (Å²) in [5.41, 5.74) is 12.1. The predicted molar refractivity (Wildman–Crippen MR) is 156 cm³/mol. The van der Waals surface area contributed by atoms with Crippen LogP contribution in [0.4, 0.5) is 0 Å². The lowest BCUT2D eigenvalue weighted by Crippen LogP contribution is -2.14. The number of fused-ring (bicyclic) bond motifs is 2.